The van der Waals surface area contributed by atoms with Gasteiger partial charge in [-0.2, -0.15) is 9.66 Å². The van der Waals surface area contributed by atoms with Gasteiger partial charge in [0.25, 0.3) is 5.65 Å². The smallest absolute Gasteiger partial charge is 0.295 e. The Labute approximate surface area is 186 Å². The number of aromatic nitrogens is 2. The Bertz CT molecular complexity index is 1350. The molecule has 3 aromatic carbocycles. The van der Waals surface area contributed by atoms with Crippen LogP contribution in [0.2, 0.25) is 0 Å². The van der Waals surface area contributed by atoms with Crippen molar-refractivity contribution in [1.29, 1.82) is 5.26 Å². The Hall–Kier alpha value is -3.42. The minimum atomic E-state index is 0. The zero-order valence-corrected chi connectivity index (χ0v) is 18.0. The van der Waals surface area contributed by atoms with E-state index in [4.69, 9.17) is 0 Å². The number of aryl methyl sites for hydroxylation is 1. The molecule has 0 atom stereocenters. The molecule has 0 radical (unpaired) electrons. The number of benzene rings is 3. The molecule has 0 aliphatic carbocycles. The van der Waals surface area contributed by atoms with Gasteiger partial charge in [0.15, 0.2) is 11.0 Å². The molecule has 5 rings (SSSR count). The lowest BCUT2D eigenvalue weighted by Gasteiger charge is -2.07. The van der Waals surface area contributed by atoms with Crippen LogP contribution in [-0.4, -0.2) is 4.40 Å². The fourth-order valence-electron chi connectivity index (χ4n) is 4.06. The molecule has 0 spiro atoms. The van der Waals surface area contributed by atoms with Crippen LogP contribution in [0.3, 0.4) is 0 Å². The van der Waals surface area contributed by atoms with E-state index in [1.54, 1.807) is 0 Å². The van der Waals surface area contributed by atoms with E-state index in [1.807, 2.05) is 12.1 Å². The van der Waals surface area contributed by atoms with Gasteiger partial charge in [0.05, 0.1) is 18.1 Å². The molecule has 0 aliphatic rings. The summed E-state index contributed by atoms with van der Waals surface area (Å²) in [5, 5.41) is 9.22. The first-order valence-electron chi connectivity index (χ1n) is 9.81. The Morgan fingerprint density at radius 1 is 0.767 bits per heavy atom. The number of hydrogen-bond acceptors (Lipinski definition) is 1. The van der Waals surface area contributed by atoms with Crippen molar-refractivity contribution in [2.45, 2.75) is 13.0 Å². The van der Waals surface area contributed by atoms with E-state index >= 15 is 0 Å². The molecule has 146 valence electrons. The second-order valence-electron chi connectivity index (χ2n) is 7.12. The monoisotopic (exact) mass is 453 g/mol. The predicted molar refractivity (Wildman–Crippen MR) is 116 cm³/mol. The van der Waals surface area contributed by atoms with E-state index in [2.05, 4.69) is 100 Å². The molecule has 0 saturated heterocycles. The van der Waals surface area contributed by atoms with E-state index in [0.717, 1.165) is 16.7 Å². The third-order valence-corrected chi connectivity index (χ3v) is 5.36. The van der Waals surface area contributed by atoms with E-state index in [9.17, 15) is 5.26 Å². The molecular weight excluding hydrogens is 434 g/mol. The Morgan fingerprint density at radius 2 is 1.40 bits per heavy atom. The topological polar surface area (TPSA) is 32.1 Å². The van der Waals surface area contributed by atoms with Crippen molar-refractivity contribution in [2.24, 2.45) is 0 Å². The number of fused-ring (bicyclic) bond motifs is 3. The van der Waals surface area contributed by atoms with Crippen LogP contribution in [0.25, 0.3) is 38.9 Å². The summed E-state index contributed by atoms with van der Waals surface area (Å²) < 4.78 is 4.55. The number of rotatable bonds is 4. The minimum Gasteiger partial charge on any atom is -1.00 e. The van der Waals surface area contributed by atoms with Crippen molar-refractivity contribution in [3.63, 3.8) is 0 Å². The third-order valence-electron chi connectivity index (χ3n) is 5.36. The van der Waals surface area contributed by atoms with Gasteiger partial charge in [0.2, 0.25) is 0 Å². The van der Waals surface area contributed by atoms with Crippen molar-refractivity contribution in [3.8, 4) is 28.3 Å². The molecule has 0 unspecified atom stereocenters. The van der Waals surface area contributed by atoms with Gasteiger partial charge in [-0.05, 0) is 29.3 Å². The molecule has 2 heterocycles. The molecule has 0 N–H and O–H groups in total. The summed E-state index contributed by atoms with van der Waals surface area (Å²) in [6, 6.07) is 33.9. The molecule has 4 heteroatoms. The summed E-state index contributed by atoms with van der Waals surface area (Å²) in [5.74, 6) is 0. The first-order chi connectivity index (χ1) is 14.4. The average molecular weight is 454 g/mol. The van der Waals surface area contributed by atoms with Crippen molar-refractivity contribution < 1.29 is 21.5 Å². The third kappa shape index (κ3) is 3.38. The molecule has 0 amide bonds. The first kappa shape index (κ1) is 19.9. The number of pyridine rings is 1. The summed E-state index contributed by atoms with van der Waals surface area (Å²) in [6.07, 6.45) is 2.69. The molecular formula is C26H20BrN3. The van der Waals surface area contributed by atoms with Crippen LogP contribution in [0.1, 0.15) is 6.42 Å². The molecule has 5 aromatic rings. The summed E-state index contributed by atoms with van der Waals surface area (Å²) in [7, 11) is 0. The van der Waals surface area contributed by atoms with Crippen LogP contribution in [-0.2, 0) is 6.54 Å². The highest BCUT2D eigenvalue weighted by atomic mass is 79.9. The van der Waals surface area contributed by atoms with Gasteiger partial charge in [0, 0.05) is 5.56 Å². The molecule has 0 saturated carbocycles. The zero-order valence-electron chi connectivity index (χ0n) is 16.4. The Balaban J connectivity index is 0.00000218. The quantitative estimate of drug-likeness (QED) is 0.385. The van der Waals surface area contributed by atoms with Gasteiger partial charge in [-0.25, -0.2) is 4.57 Å². The highest BCUT2D eigenvalue weighted by molar-refractivity contribution is 5.86. The van der Waals surface area contributed by atoms with Gasteiger partial charge in [-0.3, -0.25) is 0 Å². The summed E-state index contributed by atoms with van der Waals surface area (Å²) in [5.41, 5.74) is 8.11. The second-order valence-corrected chi connectivity index (χ2v) is 7.12. The first-order valence-corrected chi connectivity index (χ1v) is 9.81. The van der Waals surface area contributed by atoms with Crippen LogP contribution < -0.4 is 21.5 Å². The van der Waals surface area contributed by atoms with Gasteiger partial charge in [-0.15, -0.1) is 0 Å². The van der Waals surface area contributed by atoms with Gasteiger partial charge >= 0.3 is 0 Å². The minimum absolute atomic E-state index is 0. The number of nitriles is 1. The number of nitrogens with zero attached hydrogens (tertiary/aromatic N) is 3. The second kappa shape index (κ2) is 8.52. The summed E-state index contributed by atoms with van der Waals surface area (Å²) in [4.78, 5) is 0. The standard InChI is InChI=1S/C26H20N3.BrH/c27-16-9-17-28-24-14-7-8-15-25(24)29-19-22(20-10-3-1-4-11-20)18-23(26(28)29)21-12-5-2-6-13-21;/h1-8,10-15,18-19H,9,17H2;1H/q+1;/p-1. The number of para-hydroxylation sites is 2. The summed E-state index contributed by atoms with van der Waals surface area (Å²) >= 11 is 0. The maximum atomic E-state index is 9.22. The van der Waals surface area contributed by atoms with Crippen molar-refractivity contribution in [1.82, 2.24) is 4.40 Å². The van der Waals surface area contributed by atoms with E-state index in [1.165, 1.54) is 22.3 Å². The fraction of sp³-hybridized carbons (Fsp3) is 0.0769. The van der Waals surface area contributed by atoms with Crippen molar-refractivity contribution in [3.05, 3.63) is 97.2 Å². The van der Waals surface area contributed by atoms with Crippen LogP contribution >= 0.6 is 0 Å². The molecule has 30 heavy (non-hydrogen) atoms. The van der Waals surface area contributed by atoms with Crippen LogP contribution in [0.5, 0.6) is 0 Å². The highest BCUT2D eigenvalue weighted by Gasteiger charge is 2.24. The molecule has 0 aliphatic heterocycles. The lowest BCUT2D eigenvalue weighted by Crippen LogP contribution is -3.00. The van der Waals surface area contributed by atoms with Gasteiger partial charge in [0.1, 0.15) is 12.7 Å². The van der Waals surface area contributed by atoms with Crippen molar-refractivity contribution >= 4 is 16.7 Å². The molecule has 2 aromatic heterocycles. The number of halogens is 1. The Kier molecular flexibility index (Phi) is 5.65. The number of hydrogen-bond donors (Lipinski definition) is 0. The maximum Gasteiger partial charge on any atom is 0.295 e. The molecule has 3 nitrogen and oxygen atoms in total. The predicted octanol–water partition coefficient (Wildman–Crippen LogP) is 2.63. The van der Waals surface area contributed by atoms with Crippen LogP contribution in [0, 0.1) is 11.3 Å². The normalized spacial score (nSPS) is 10.6. The Morgan fingerprint density at radius 3 is 2.10 bits per heavy atom. The average Bonchev–Trinajstić information content (AvgIpc) is 3.12. The summed E-state index contributed by atoms with van der Waals surface area (Å²) in [6.45, 7) is 0.665. The van der Waals surface area contributed by atoms with E-state index in [-0.39, 0.29) is 17.0 Å². The zero-order chi connectivity index (χ0) is 19.6. The van der Waals surface area contributed by atoms with Gasteiger partial charge < -0.3 is 17.0 Å². The van der Waals surface area contributed by atoms with Crippen LogP contribution in [0.4, 0.5) is 0 Å². The van der Waals surface area contributed by atoms with E-state index in [0.29, 0.717) is 13.0 Å². The largest absolute Gasteiger partial charge is 1.00 e. The fourth-order valence-corrected chi connectivity index (χ4v) is 4.06. The number of imidazole rings is 1. The van der Waals surface area contributed by atoms with Crippen molar-refractivity contribution in [2.75, 3.05) is 0 Å². The lowest BCUT2D eigenvalue weighted by molar-refractivity contribution is -0.644. The molecule has 0 fully saturated rings. The highest BCUT2D eigenvalue weighted by Crippen LogP contribution is 2.31. The lowest BCUT2D eigenvalue weighted by atomic mass is 10.0. The maximum absolute atomic E-state index is 9.22. The SMILES string of the molecule is N#CCC[n+]1c2ccccc2n2cc(-c3ccccc3)cc(-c3ccccc3)c21.[Br-]. The van der Waals surface area contributed by atoms with E-state index < -0.39 is 0 Å². The molecule has 0 bridgehead atoms. The van der Waals surface area contributed by atoms with Gasteiger partial charge in [-0.1, -0.05) is 72.8 Å². The van der Waals surface area contributed by atoms with Crippen LogP contribution in [0.15, 0.2) is 97.2 Å².